The second-order valence-electron chi connectivity index (χ2n) is 5.99. The van der Waals surface area contributed by atoms with E-state index in [1.807, 2.05) is 54.6 Å². The van der Waals surface area contributed by atoms with Crippen LogP contribution in [0.5, 0.6) is 0 Å². The molecule has 2 aromatic carbocycles. The molecule has 0 spiro atoms. The van der Waals surface area contributed by atoms with Crippen molar-refractivity contribution in [3.8, 4) is 11.3 Å². The Labute approximate surface area is 134 Å². The summed E-state index contributed by atoms with van der Waals surface area (Å²) in [6, 6.07) is 18.1. The van der Waals surface area contributed by atoms with Crippen molar-refractivity contribution in [3.63, 3.8) is 0 Å². The molecule has 1 N–H and O–H groups in total. The van der Waals surface area contributed by atoms with E-state index in [2.05, 4.69) is 5.32 Å². The molecule has 23 heavy (non-hydrogen) atoms. The minimum atomic E-state index is 0.0205. The molecule has 1 saturated heterocycles. The van der Waals surface area contributed by atoms with Gasteiger partial charge in [0.2, 0.25) is 0 Å². The molecule has 4 rings (SSSR count). The molecule has 4 heteroatoms. The van der Waals surface area contributed by atoms with Crippen LogP contribution in [0.15, 0.2) is 59.4 Å². The summed E-state index contributed by atoms with van der Waals surface area (Å²) in [5, 5.41) is 9.79. The smallest absolute Gasteiger partial charge is 0.274 e. The number of aromatic nitrogens is 2. The van der Waals surface area contributed by atoms with Gasteiger partial charge in [-0.3, -0.25) is 4.79 Å². The Morgan fingerprint density at radius 2 is 1.57 bits per heavy atom. The van der Waals surface area contributed by atoms with Crippen LogP contribution in [0, 0.1) is 0 Å². The van der Waals surface area contributed by atoms with Gasteiger partial charge in [0.15, 0.2) is 0 Å². The van der Waals surface area contributed by atoms with Crippen LogP contribution in [0.4, 0.5) is 0 Å². The van der Waals surface area contributed by atoms with Crippen molar-refractivity contribution in [2.75, 3.05) is 13.1 Å². The fourth-order valence-corrected chi connectivity index (χ4v) is 3.31. The Morgan fingerprint density at radius 1 is 0.913 bits per heavy atom. The highest BCUT2D eigenvalue weighted by molar-refractivity contribution is 5.93. The highest BCUT2D eigenvalue weighted by Gasteiger charge is 2.20. The van der Waals surface area contributed by atoms with Crippen molar-refractivity contribution >= 4 is 10.8 Å². The van der Waals surface area contributed by atoms with E-state index in [4.69, 9.17) is 5.10 Å². The lowest BCUT2D eigenvalue weighted by Crippen LogP contribution is -2.35. The van der Waals surface area contributed by atoms with E-state index in [0.29, 0.717) is 0 Å². The summed E-state index contributed by atoms with van der Waals surface area (Å²) in [6.07, 6.45) is 1.89. The van der Waals surface area contributed by atoms with Gasteiger partial charge in [0, 0.05) is 10.9 Å². The van der Waals surface area contributed by atoms with Gasteiger partial charge in [-0.05, 0) is 32.0 Å². The van der Waals surface area contributed by atoms with Crippen LogP contribution in [0.25, 0.3) is 22.0 Å². The maximum atomic E-state index is 12.9. The van der Waals surface area contributed by atoms with E-state index in [9.17, 15) is 4.79 Å². The normalized spacial score (nSPS) is 15.8. The molecular weight excluding hydrogens is 286 g/mol. The van der Waals surface area contributed by atoms with Crippen LogP contribution in [0.2, 0.25) is 0 Å². The largest absolute Gasteiger partial charge is 0.317 e. The number of hydrogen-bond donors (Lipinski definition) is 1. The fourth-order valence-electron chi connectivity index (χ4n) is 3.31. The van der Waals surface area contributed by atoms with E-state index in [1.165, 1.54) is 0 Å². The summed E-state index contributed by atoms with van der Waals surface area (Å²) < 4.78 is 1.71. The molecular formula is C19H19N3O. The molecule has 0 aliphatic carbocycles. The average Bonchev–Trinajstić information content (AvgIpc) is 2.64. The minimum absolute atomic E-state index is 0.0205. The topological polar surface area (TPSA) is 46.9 Å². The van der Waals surface area contributed by atoms with Crippen molar-refractivity contribution in [1.82, 2.24) is 15.1 Å². The number of nitrogens with one attached hydrogen (secondary N) is 1. The average molecular weight is 305 g/mol. The lowest BCUT2D eigenvalue weighted by Gasteiger charge is -2.24. The molecule has 1 fully saturated rings. The van der Waals surface area contributed by atoms with Crippen LogP contribution in [0.1, 0.15) is 18.9 Å². The van der Waals surface area contributed by atoms with Gasteiger partial charge in [0.1, 0.15) is 0 Å². The lowest BCUT2D eigenvalue weighted by atomic mass is 10.0. The van der Waals surface area contributed by atoms with Crippen molar-refractivity contribution < 1.29 is 0 Å². The van der Waals surface area contributed by atoms with Gasteiger partial charge in [-0.1, -0.05) is 48.5 Å². The standard InChI is InChI=1S/C19H19N3O/c23-19-17-9-5-4-8-16(17)18(14-6-2-1-3-7-14)21-22(19)15-10-12-20-13-11-15/h1-9,15,20H,10-13H2. The van der Waals surface area contributed by atoms with Crippen molar-refractivity contribution in [1.29, 1.82) is 0 Å². The van der Waals surface area contributed by atoms with E-state index in [0.717, 1.165) is 48.0 Å². The second-order valence-corrected chi connectivity index (χ2v) is 5.99. The van der Waals surface area contributed by atoms with E-state index in [-0.39, 0.29) is 11.6 Å². The molecule has 0 radical (unpaired) electrons. The number of rotatable bonds is 2. The molecule has 0 saturated carbocycles. The molecule has 0 unspecified atom stereocenters. The number of piperidine rings is 1. The maximum Gasteiger partial charge on any atom is 0.274 e. The zero-order chi connectivity index (χ0) is 15.6. The summed E-state index contributed by atoms with van der Waals surface area (Å²) in [5.41, 5.74) is 1.96. The summed E-state index contributed by atoms with van der Waals surface area (Å²) in [5.74, 6) is 0. The molecule has 2 heterocycles. The summed E-state index contributed by atoms with van der Waals surface area (Å²) >= 11 is 0. The Hall–Kier alpha value is -2.46. The predicted molar refractivity (Wildman–Crippen MR) is 92.6 cm³/mol. The molecule has 116 valence electrons. The molecule has 3 aromatic rings. The van der Waals surface area contributed by atoms with E-state index < -0.39 is 0 Å². The molecule has 4 nitrogen and oxygen atoms in total. The van der Waals surface area contributed by atoms with Crippen LogP contribution in [0.3, 0.4) is 0 Å². The van der Waals surface area contributed by atoms with Gasteiger partial charge in [-0.15, -0.1) is 0 Å². The van der Waals surface area contributed by atoms with Gasteiger partial charge < -0.3 is 5.32 Å². The number of nitrogens with zero attached hydrogens (tertiary/aromatic N) is 2. The van der Waals surface area contributed by atoms with Crippen molar-refractivity contribution in [2.24, 2.45) is 0 Å². The zero-order valence-corrected chi connectivity index (χ0v) is 12.9. The first-order chi connectivity index (χ1) is 11.3. The maximum absolute atomic E-state index is 12.9. The molecule has 1 aromatic heterocycles. The molecule has 1 aliphatic rings. The first kappa shape index (κ1) is 14.2. The Bertz CT molecular complexity index is 880. The van der Waals surface area contributed by atoms with Gasteiger partial charge in [0.05, 0.1) is 17.1 Å². The van der Waals surface area contributed by atoms with Crippen LogP contribution in [-0.2, 0) is 0 Å². The predicted octanol–water partition coefficient (Wildman–Crippen LogP) is 2.99. The molecule has 1 aliphatic heterocycles. The SMILES string of the molecule is O=c1c2ccccc2c(-c2ccccc2)nn1C1CCNCC1. The molecule has 0 bridgehead atoms. The second kappa shape index (κ2) is 5.97. The van der Waals surface area contributed by atoms with Crippen LogP contribution in [-0.4, -0.2) is 22.9 Å². The molecule has 0 atom stereocenters. The summed E-state index contributed by atoms with van der Waals surface area (Å²) in [7, 11) is 0. The number of benzene rings is 2. The van der Waals surface area contributed by atoms with Crippen molar-refractivity contribution in [3.05, 3.63) is 65.0 Å². The highest BCUT2D eigenvalue weighted by atomic mass is 16.1. The van der Waals surface area contributed by atoms with E-state index >= 15 is 0 Å². The third-order valence-electron chi connectivity index (χ3n) is 4.53. The Balaban J connectivity index is 1.98. The van der Waals surface area contributed by atoms with E-state index in [1.54, 1.807) is 4.68 Å². The summed E-state index contributed by atoms with van der Waals surface area (Å²) in [4.78, 5) is 12.9. The van der Waals surface area contributed by atoms with Gasteiger partial charge in [-0.25, -0.2) is 4.68 Å². The van der Waals surface area contributed by atoms with Gasteiger partial charge >= 0.3 is 0 Å². The first-order valence-corrected chi connectivity index (χ1v) is 8.12. The fraction of sp³-hybridized carbons (Fsp3) is 0.263. The third-order valence-corrected chi connectivity index (χ3v) is 4.53. The zero-order valence-electron chi connectivity index (χ0n) is 12.9. The Kier molecular flexibility index (Phi) is 3.67. The monoisotopic (exact) mass is 305 g/mol. The number of fused-ring (bicyclic) bond motifs is 1. The van der Waals surface area contributed by atoms with Gasteiger partial charge in [-0.2, -0.15) is 5.10 Å². The highest BCUT2D eigenvalue weighted by Crippen LogP contribution is 2.26. The summed E-state index contributed by atoms with van der Waals surface area (Å²) in [6.45, 7) is 1.87. The third kappa shape index (κ3) is 2.55. The quantitative estimate of drug-likeness (QED) is 0.792. The Morgan fingerprint density at radius 3 is 2.30 bits per heavy atom. The molecule has 0 amide bonds. The first-order valence-electron chi connectivity index (χ1n) is 8.12. The van der Waals surface area contributed by atoms with Crippen LogP contribution < -0.4 is 10.9 Å². The minimum Gasteiger partial charge on any atom is -0.317 e. The van der Waals surface area contributed by atoms with Crippen LogP contribution >= 0.6 is 0 Å². The number of hydrogen-bond acceptors (Lipinski definition) is 3. The van der Waals surface area contributed by atoms with Gasteiger partial charge in [0.25, 0.3) is 5.56 Å². The lowest BCUT2D eigenvalue weighted by molar-refractivity contribution is 0.334. The van der Waals surface area contributed by atoms with Crippen molar-refractivity contribution in [2.45, 2.75) is 18.9 Å².